The second kappa shape index (κ2) is 7.05. The van der Waals surface area contributed by atoms with Crippen molar-refractivity contribution in [3.05, 3.63) is 29.8 Å². The van der Waals surface area contributed by atoms with Gasteiger partial charge < -0.3 is 15.3 Å². The van der Waals surface area contributed by atoms with Crippen LogP contribution in [0.4, 0.5) is 5.69 Å². The van der Waals surface area contributed by atoms with Crippen molar-refractivity contribution >= 4 is 17.3 Å². The standard InChI is InChI=1S/C15H20N2O3/c1-11(17-19)13-6-2-3-7-14(13)16-15(18)9-8-12-5-4-10-20-12/h2-3,6-7,12,19H,4-5,8-10H2,1H3,(H,16,18). The fourth-order valence-corrected chi connectivity index (χ4v) is 2.34. The average molecular weight is 276 g/mol. The second-order valence-electron chi connectivity index (χ2n) is 4.95. The maximum absolute atomic E-state index is 12.0. The van der Waals surface area contributed by atoms with E-state index in [1.807, 2.05) is 18.2 Å². The van der Waals surface area contributed by atoms with E-state index in [0.29, 0.717) is 17.8 Å². The number of nitrogens with zero attached hydrogens (tertiary/aromatic N) is 1. The molecule has 2 rings (SSSR count). The smallest absolute Gasteiger partial charge is 0.224 e. The number of para-hydroxylation sites is 1. The summed E-state index contributed by atoms with van der Waals surface area (Å²) in [5.74, 6) is -0.0429. The Morgan fingerprint density at radius 3 is 3.00 bits per heavy atom. The van der Waals surface area contributed by atoms with Crippen LogP contribution in [0.25, 0.3) is 0 Å². The minimum Gasteiger partial charge on any atom is -0.411 e. The lowest BCUT2D eigenvalue weighted by atomic mass is 10.1. The molecular formula is C15H20N2O3. The van der Waals surface area contributed by atoms with Gasteiger partial charge in [-0.25, -0.2) is 0 Å². The second-order valence-corrected chi connectivity index (χ2v) is 4.95. The molecule has 1 aliphatic rings. The van der Waals surface area contributed by atoms with Crippen LogP contribution in [0.3, 0.4) is 0 Å². The topological polar surface area (TPSA) is 70.9 Å². The van der Waals surface area contributed by atoms with Crippen molar-refractivity contribution in [2.75, 3.05) is 11.9 Å². The van der Waals surface area contributed by atoms with Gasteiger partial charge in [0.25, 0.3) is 0 Å². The Labute approximate surface area is 118 Å². The Balaban J connectivity index is 1.93. The summed E-state index contributed by atoms with van der Waals surface area (Å²) in [5.41, 5.74) is 1.86. The molecule has 108 valence electrons. The number of ether oxygens (including phenoxy) is 1. The van der Waals surface area contributed by atoms with Crippen molar-refractivity contribution in [1.29, 1.82) is 0 Å². The first-order valence-electron chi connectivity index (χ1n) is 6.90. The Bertz CT molecular complexity index is 494. The number of anilines is 1. The summed E-state index contributed by atoms with van der Waals surface area (Å²) in [6.45, 7) is 2.50. The first-order valence-corrected chi connectivity index (χ1v) is 6.90. The molecule has 0 saturated carbocycles. The Hall–Kier alpha value is -1.88. The normalized spacial score (nSPS) is 19.1. The molecule has 1 unspecified atom stereocenters. The number of carbonyl (C=O) groups excluding carboxylic acids is 1. The van der Waals surface area contributed by atoms with Gasteiger partial charge in [0.05, 0.1) is 11.8 Å². The maximum Gasteiger partial charge on any atom is 0.224 e. The fraction of sp³-hybridized carbons (Fsp3) is 0.467. The van der Waals surface area contributed by atoms with Gasteiger partial charge >= 0.3 is 0 Å². The molecule has 0 aliphatic carbocycles. The zero-order valence-electron chi connectivity index (χ0n) is 11.6. The van der Waals surface area contributed by atoms with Crippen molar-refractivity contribution in [3.8, 4) is 0 Å². The molecule has 5 heteroatoms. The highest BCUT2D eigenvalue weighted by molar-refractivity contribution is 6.06. The summed E-state index contributed by atoms with van der Waals surface area (Å²) in [6.07, 6.45) is 3.54. The van der Waals surface area contributed by atoms with Crippen molar-refractivity contribution in [1.82, 2.24) is 0 Å². The van der Waals surface area contributed by atoms with E-state index >= 15 is 0 Å². The van der Waals surface area contributed by atoms with Gasteiger partial charge in [0, 0.05) is 24.3 Å². The fourth-order valence-electron chi connectivity index (χ4n) is 2.34. The molecular weight excluding hydrogens is 256 g/mol. The number of benzene rings is 1. The number of hydrogen-bond acceptors (Lipinski definition) is 4. The van der Waals surface area contributed by atoms with Crippen molar-refractivity contribution in [3.63, 3.8) is 0 Å². The zero-order chi connectivity index (χ0) is 14.4. The van der Waals surface area contributed by atoms with Crippen LogP contribution in [0.15, 0.2) is 29.4 Å². The van der Waals surface area contributed by atoms with Gasteiger partial charge in [-0.3, -0.25) is 4.79 Å². The molecule has 0 radical (unpaired) electrons. The molecule has 5 nitrogen and oxygen atoms in total. The van der Waals surface area contributed by atoms with Gasteiger partial charge in [-0.05, 0) is 32.3 Å². The molecule has 1 heterocycles. The molecule has 1 saturated heterocycles. The molecule has 1 aromatic carbocycles. The number of amides is 1. The quantitative estimate of drug-likeness (QED) is 0.493. The molecule has 20 heavy (non-hydrogen) atoms. The summed E-state index contributed by atoms with van der Waals surface area (Å²) in [4.78, 5) is 12.0. The van der Waals surface area contributed by atoms with E-state index in [-0.39, 0.29) is 12.0 Å². The van der Waals surface area contributed by atoms with Crippen LogP contribution in [0.2, 0.25) is 0 Å². The van der Waals surface area contributed by atoms with Crippen molar-refractivity contribution in [2.45, 2.75) is 38.7 Å². The Morgan fingerprint density at radius 1 is 1.50 bits per heavy atom. The van der Waals surface area contributed by atoms with Crippen LogP contribution < -0.4 is 5.32 Å². The van der Waals surface area contributed by atoms with Gasteiger partial charge in [-0.2, -0.15) is 0 Å². The Kier molecular flexibility index (Phi) is 5.12. The third-order valence-electron chi connectivity index (χ3n) is 3.46. The van der Waals surface area contributed by atoms with E-state index in [1.54, 1.807) is 13.0 Å². The van der Waals surface area contributed by atoms with E-state index in [9.17, 15) is 4.79 Å². The monoisotopic (exact) mass is 276 g/mol. The molecule has 0 spiro atoms. The molecule has 0 aromatic heterocycles. The van der Waals surface area contributed by atoms with E-state index in [2.05, 4.69) is 10.5 Å². The van der Waals surface area contributed by atoms with Crippen molar-refractivity contribution in [2.24, 2.45) is 5.16 Å². The SMILES string of the molecule is CC(=NO)c1ccccc1NC(=O)CCC1CCCO1. The maximum atomic E-state index is 12.0. The number of hydrogen-bond donors (Lipinski definition) is 2. The van der Waals surface area contributed by atoms with Gasteiger partial charge in [-0.1, -0.05) is 23.4 Å². The Morgan fingerprint density at radius 2 is 2.30 bits per heavy atom. The largest absolute Gasteiger partial charge is 0.411 e. The molecule has 1 aliphatic heterocycles. The predicted molar refractivity (Wildman–Crippen MR) is 77.3 cm³/mol. The zero-order valence-corrected chi connectivity index (χ0v) is 11.6. The van der Waals surface area contributed by atoms with Gasteiger partial charge in [0.2, 0.25) is 5.91 Å². The average Bonchev–Trinajstić information content (AvgIpc) is 2.98. The van der Waals surface area contributed by atoms with E-state index < -0.39 is 0 Å². The van der Waals surface area contributed by atoms with Crippen LogP contribution in [0.5, 0.6) is 0 Å². The molecule has 1 fully saturated rings. The molecule has 1 aromatic rings. The highest BCUT2D eigenvalue weighted by Crippen LogP contribution is 2.19. The lowest BCUT2D eigenvalue weighted by molar-refractivity contribution is -0.116. The lowest BCUT2D eigenvalue weighted by Crippen LogP contribution is -2.16. The minimum atomic E-state index is -0.0429. The summed E-state index contributed by atoms with van der Waals surface area (Å²) in [6, 6.07) is 7.29. The minimum absolute atomic E-state index is 0.0429. The third-order valence-corrected chi connectivity index (χ3v) is 3.46. The van der Waals surface area contributed by atoms with Crippen LogP contribution in [0.1, 0.15) is 38.2 Å². The summed E-state index contributed by atoms with van der Waals surface area (Å²) in [5, 5.41) is 14.9. The third kappa shape index (κ3) is 3.81. The predicted octanol–water partition coefficient (Wildman–Crippen LogP) is 2.78. The highest BCUT2D eigenvalue weighted by atomic mass is 16.5. The first-order chi connectivity index (χ1) is 9.70. The lowest BCUT2D eigenvalue weighted by Gasteiger charge is -2.12. The number of nitrogens with one attached hydrogen (secondary N) is 1. The first kappa shape index (κ1) is 14.5. The molecule has 1 atom stereocenters. The summed E-state index contributed by atoms with van der Waals surface area (Å²) in [7, 11) is 0. The summed E-state index contributed by atoms with van der Waals surface area (Å²) < 4.78 is 5.50. The van der Waals surface area contributed by atoms with Gasteiger partial charge in [0.1, 0.15) is 0 Å². The van der Waals surface area contributed by atoms with Crippen LogP contribution >= 0.6 is 0 Å². The summed E-state index contributed by atoms with van der Waals surface area (Å²) >= 11 is 0. The van der Waals surface area contributed by atoms with Crippen LogP contribution in [-0.2, 0) is 9.53 Å². The molecule has 2 N–H and O–H groups in total. The molecule has 0 bridgehead atoms. The van der Waals surface area contributed by atoms with Crippen LogP contribution in [-0.4, -0.2) is 29.5 Å². The van der Waals surface area contributed by atoms with E-state index in [0.717, 1.165) is 31.4 Å². The number of rotatable bonds is 5. The van der Waals surface area contributed by atoms with E-state index in [1.165, 1.54) is 0 Å². The number of oxime groups is 1. The van der Waals surface area contributed by atoms with Crippen LogP contribution in [0, 0.1) is 0 Å². The van der Waals surface area contributed by atoms with Gasteiger partial charge in [0.15, 0.2) is 0 Å². The van der Waals surface area contributed by atoms with E-state index in [4.69, 9.17) is 9.94 Å². The highest BCUT2D eigenvalue weighted by Gasteiger charge is 2.17. The van der Waals surface area contributed by atoms with Gasteiger partial charge in [-0.15, -0.1) is 0 Å². The molecule has 1 amide bonds. The number of carbonyl (C=O) groups is 1. The van der Waals surface area contributed by atoms with Crippen molar-refractivity contribution < 1.29 is 14.7 Å².